The van der Waals surface area contributed by atoms with E-state index in [1.54, 1.807) is 12.1 Å². The lowest BCUT2D eigenvalue weighted by Gasteiger charge is -2.20. The predicted octanol–water partition coefficient (Wildman–Crippen LogP) is 5.65. The number of unbranched alkanes of at least 4 members (excludes halogenated alkanes) is 7. The first-order valence-corrected chi connectivity index (χ1v) is 12.2. The molecule has 1 rings (SSSR count). The van der Waals surface area contributed by atoms with Gasteiger partial charge in [0.2, 0.25) is 5.91 Å². The monoisotopic (exact) mass is 447 g/mol. The first-order valence-electron chi connectivity index (χ1n) is 11.2. The van der Waals surface area contributed by atoms with Gasteiger partial charge in [0, 0.05) is 12.2 Å². The number of carboxylic acids is 1. The molecule has 6 heteroatoms. The third kappa shape index (κ3) is 12.4. The molecule has 172 valence electrons. The van der Waals surface area contributed by atoms with Crippen molar-refractivity contribution >= 4 is 23.6 Å². The molecule has 4 N–H and O–H groups in total. The Bertz CT molecular complexity index is 717. The van der Waals surface area contributed by atoms with Gasteiger partial charge in [-0.25, -0.2) is 4.79 Å². The topological polar surface area (TPSA) is 101 Å². The summed E-state index contributed by atoms with van der Waals surface area (Å²) in [5.41, 5.74) is 5.89. The fraction of sp³-hybridized carbons (Fsp3) is 0.520. The fourth-order valence-electron chi connectivity index (χ4n) is 3.16. The van der Waals surface area contributed by atoms with Crippen LogP contribution in [0.1, 0.15) is 86.7 Å². The second kappa shape index (κ2) is 16.6. The van der Waals surface area contributed by atoms with Gasteiger partial charge in [-0.2, -0.15) is 11.8 Å². The summed E-state index contributed by atoms with van der Waals surface area (Å²) >= 11 is 1.43. The van der Waals surface area contributed by atoms with E-state index in [1.165, 1.54) is 68.8 Å². The minimum Gasteiger partial charge on any atom is -0.478 e. The van der Waals surface area contributed by atoms with Gasteiger partial charge in [0.25, 0.3) is 0 Å². The Balaban J connectivity index is 2.59. The predicted molar refractivity (Wildman–Crippen MR) is 129 cm³/mol. The highest BCUT2D eigenvalue weighted by Crippen LogP contribution is 2.29. The number of amides is 1. The molecule has 0 fully saturated rings. The lowest BCUT2D eigenvalue weighted by Crippen LogP contribution is -2.16. The van der Waals surface area contributed by atoms with Crippen molar-refractivity contribution in [2.75, 3.05) is 5.75 Å². The number of carbonyl (C=O) groups excluding carboxylic acids is 1. The van der Waals surface area contributed by atoms with Crippen LogP contribution in [0.5, 0.6) is 0 Å². The number of hydrogen-bond acceptors (Lipinski definition) is 4. The van der Waals surface area contributed by atoms with E-state index >= 15 is 0 Å². The number of aliphatic hydroxyl groups excluding tert-OH is 1. The van der Waals surface area contributed by atoms with E-state index in [1.807, 2.05) is 18.2 Å². The van der Waals surface area contributed by atoms with Gasteiger partial charge in [-0.15, -0.1) is 0 Å². The number of aromatic carboxylic acids is 1. The number of carbonyl (C=O) groups is 2. The Kier molecular flexibility index (Phi) is 14.5. The summed E-state index contributed by atoms with van der Waals surface area (Å²) in [5.74, 6) is -0.926. The number of carboxylic acid groups (broad SMARTS) is 1. The third-order valence-electron chi connectivity index (χ3n) is 4.97. The van der Waals surface area contributed by atoms with Crippen molar-refractivity contribution < 1.29 is 19.8 Å². The number of rotatable bonds is 17. The van der Waals surface area contributed by atoms with Gasteiger partial charge in [0.15, 0.2) is 0 Å². The molecule has 0 aliphatic carbocycles. The molecule has 0 saturated carbocycles. The van der Waals surface area contributed by atoms with Gasteiger partial charge >= 0.3 is 5.97 Å². The molecule has 0 unspecified atom stereocenters. The number of primary amides is 1. The molecule has 0 heterocycles. The second-order valence-corrected chi connectivity index (χ2v) is 8.94. The van der Waals surface area contributed by atoms with Crippen LogP contribution in [0.2, 0.25) is 0 Å². The largest absolute Gasteiger partial charge is 0.478 e. The summed E-state index contributed by atoms with van der Waals surface area (Å²) in [4.78, 5) is 22.3. The van der Waals surface area contributed by atoms with Crippen molar-refractivity contribution in [2.45, 2.75) is 76.1 Å². The Hall–Kier alpha value is -2.05. The van der Waals surface area contributed by atoms with Crippen molar-refractivity contribution in [2.24, 2.45) is 5.73 Å². The normalized spacial score (nSPS) is 13.6. The van der Waals surface area contributed by atoms with E-state index in [0.717, 1.165) is 6.42 Å². The van der Waals surface area contributed by atoms with Crippen LogP contribution in [0.15, 0.2) is 48.6 Å². The van der Waals surface area contributed by atoms with Crippen LogP contribution in [-0.2, 0) is 4.79 Å². The molecule has 5 nitrogen and oxygen atoms in total. The van der Waals surface area contributed by atoms with Crippen molar-refractivity contribution in [1.29, 1.82) is 0 Å². The molecular weight excluding hydrogens is 410 g/mol. The van der Waals surface area contributed by atoms with Crippen LogP contribution in [0.3, 0.4) is 0 Å². The van der Waals surface area contributed by atoms with E-state index < -0.39 is 12.1 Å². The van der Waals surface area contributed by atoms with Gasteiger partial charge in [-0.1, -0.05) is 81.9 Å². The average Bonchev–Trinajstić information content (AvgIpc) is 2.75. The van der Waals surface area contributed by atoms with E-state index in [-0.39, 0.29) is 23.1 Å². The van der Waals surface area contributed by atoms with Crippen LogP contribution in [-0.4, -0.2) is 33.1 Å². The summed E-state index contributed by atoms with van der Waals surface area (Å²) in [6, 6.07) is 6.32. The van der Waals surface area contributed by atoms with E-state index in [9.17, 15) is 19.8 Å². The number of aliphatic hydroxyl groups is 1. The number of thioether (sulfide) groups is 1. The SMILES string of the molecule is CCCCCCCCC/C=C\C=C\[C@@H](SCCC(N)=O)[C@@H](O)c1cccc(C(=O)O)c1. The highest BCUT2D eigenvalue weighted by molar-refractivity contribution is 8.00. The summed E-state index contributed by atoms with van der Waals surface area (Å²) in [5, 5.41) is 19.7. The Morgan fingerprint density at radius 2 is 1.81 bits per heavy atom. The van der Waals surface area contributed by atoms with Crippen LogP contribution < -0.4 is 5.73 Å². The minimum absolute atomic E-state index is 0.135. The van der Waals surface area contributed by atoms with Crippen LogP contribution in [0.25, 0.3) is 0 Å². The maximum Gasteiger partial charge on any atom is 0.335 e. The lowest BCUT2D eigenvalue weighted by molar-refractivity contribution is -0.117. The highest BCUT2D eigenvalue weighted by atomic mass is 32.2. The van der Waals surface area contributed by atoms with Crippen LogP contribution in [0, 0.1) is 0 Å². The summed E-state index contributed by atoms with van der Waals surface area (Å²) in [6.07, 6.45) is 17.3. The maximum atomic E-state index is 11.2. The Morgan fingerprint density at radius 1 is 1.10 bits per heavy atom. The molecule has 1 aromatic carbocycles. The molecule has 0 radical (unpaired) electrons. The van der Waals surface area contributed by atoms with Gasteiger partial charge < -0.3 is 15.9 Å². The summed E-state index contributed by atoms with van der Waals surface area (Å²) < 4.78 is 0. The third-order valence-corrected chi connectivity index (χ3v) is 6.21. The van der Waals surface area contributed by atoms with Crippen molar-refractivity contribution in [3.8, 4) is 0 Å². The zero-order valence-corrected chi connectivity index (χ0v) is 19.4. The molecule has 0 aromatic heterocycles. The van der Waals surface area contributed by atoms with E-state index in [2.05, 4.69) is 13.0 Å². The molecular formula is C25H37NO4S. The second-order valence-electron chi connectivity index (χ2n) is 7.65. The smallest absolute Gasteiger partial charge is 0.335 e. The molecule has 0 bridgehead atoms. The maximum absolute atomic E-state index is 11.2. The average molecular weight is 448 g/mol. The van der Waals surface area contributed by atoms with E-state index in [4.69, 9.17) is 5.73 Å². The molecule has 31 heavy (non-hydrogen) atoms. The zero-order valence-electron chi connectivity index (χ0n) is 18.5. The molecule has 2 atom stereocenters. The van der Waals surface area contributed by atoms with Gasteiger partial charge in [-0.05, 0) is 30.5 Å². The first-order chi connectivity index (χ1) is 15.0. The van der Waals surface area contributed by atoms with Crippen LogP contribution in [0.4, 0.5) is 0 Å². The zero-order chi connectivity index (χ0) is 22.9. The Morgan fingerprint density at radius 3 is 2.48 bits per heavy atom. The molecule has 1 amide bonds. The number of hydrogen-bond donors (Lipinski definition) is 3. The van der Waals surface area contributed by atoms with Gasteiger partial charge in [0.1, 0.15) is 0 Å². The summed E-state index contributed by atoms with van der Waals surface area (Å²) in [7, 11) is 0. The highest BCUT2D eigenvalue weighted by Gasteiger charge is 2.20. The van der Waals surface area contributed by atoms with Crippen molar-refractivity contribution in [3.63, 3.8) is 0 Å². The number of benzene rings is 1. The molecule has 0 saturated heterocycles. The Labute approximate surface area is 190 Å². The van der Waals surface area contributed by atoms with Crippen molar-refractivity contribution in [1.82, 2.24) is 0 Å². The van der Waals surface area contributed by atoms with Crippen molar-refractivity contribution in [3.05, 3.63) is 59.7 Å². The molecule has 0 spiro atoms. The molecule has 1 aromatic rings. The standard InChI is InChI=1S/C25H37NO4S/c1-2-3-4-5-6-7-8-9-10-11-12-16-22(31-18-17-23(26)27)24(28)20-14-13-15-21(19-20)25(29)30/h10-16,19,22,24,28H,2-9,17-18H2,1H3,(H2,26,27)(H,29,30)/b11-10-,16-12+/t22-,24+/m1/s1. The van der Waals surface area contributed by atoms with Gasteiger partial charge in [-0.3, -0.25) is 4.79 Å². The van der Waals surface area contributed by atoms with Crippen LogP contribution >= 0.6 is 11.8 Å². The lowest BCUT2D eigenvalue weighted by atomic mass is 10.0. The quantitative estimate of drug-likeness (QED) is 0.212. The van der Waals surface area contributed by atoms with E-state index in [0.29, 0.717) is 11.3 Å². The minimum atomic E-state index is -1.03. The van der Waals surface area contributed by atoms with Gasteiger partial charge in [0.05, 0.1) is 16.9 Å². The number of allylic oxidation sites excluding steroid dienone is 3. The molecule has 0 aliphatic rings. The first kappa shape index (κ1) is 27.0. The fourth-order valence-corrected chi connectivity index (χ4v) is 4.29. The summed E-state index contributed by atoms with van der Waals surface area (Å²) in [6.45, 7) is 2.23. The molecule has 0 aliphatic heterocycles. The number of nitrogens with two attached hydrogens (primary N) is 1.